The standard InChI is InChI=1S/C8H14N2O2S/c11-6-8(12)7-13-5-4-10-3-1-2-9-10/h1-3,8,11-12H,4-7H2. The van der Waals surface area contributed by atoms with Gasteiger partial charge in [-0.05, 0) is 6.07 Å². The van der Waals surface area contributed by atoms with Gasteiger partial charge < -0.3 is 10.2 Å². The lowest BCUT2D eigenvalue weighted by molar-refractivity contribution is 0.113. The van der Waals surface area contributed by atoms with Crippen molar-refractivity contribution in [3.8, 4) is 0 Å². The Morgan fingerprint density at radius 1 is 1.54 bits per heavy atom. The van der Waals surface area contributed by atoms with Crippen LogP contribution < -0.4 is 0 Å². The van der Waals surface area contributed by atoms with Gasteiger partial charge in [-0.3, -0.25) is 4.68 Å². The normalized spacial score (nSPS) is 13.1. The molecule has 0 aliphatic heterocycles. The lowest BCUT2D eigenvalue weighted by atomic mass is 10.4. The van der Waals surface area contributed by atoms with Gasteiger partial charge in [-0.2, -0.15) is 16.9 Å². The number of nitrogens with zero attached hydrogens (tertiary/aromatic N) is 2. The number of hydrogen-bond acceptors (Lipinski definition) is 4. The summed E-state index contributed by atoms with van der Waals surface area (Å²) in [6, 6.07) is 1.88. The molecule has 0 amide bonds. The molecule has 0 aliphatic carbocycles. The SMILES string of the molecule is OCC(O)CSCCn1cccn1. The summed E-state index contributed by atoms with van der Waals surface area (Å²) in [5.41, 5.74) is 0. The van der Waals surface area contributed by atoms with Crippen LogP contribution in [0.4, 0.5) is 0 Å². The van der Waals surface area contributed by atoms with Crippen molar-refractivity contribution in [1.29, 1.82) is 0 Å². The summed E-state index contributed by atoms with van der Waals surface area (Å²) in [6.07, 6.45) is 3.05. The molecule has 5 heteroatoms. The first-order chi connectivity index (χ1) is 6.33. The van der Waals surface area contributed by atoms with Gasteiger partial charge in [0.05, 0.1) is 12.7 Å². The summed E-state index contributed by atoms with van der Waals surface area (Å²) in [5, 5.41) is 21.6. The molecule has 0 bridgehead atoms. The highest BCUT2D eigenvalue weighted by atomic mass is 32.2. The predicted octanol–water partition coefficient (Wildman–Crippen LogP) is -0.0305. The van der Waals surface area contributed by atoms with Crippen molar-refractivity contribution in [3.05, 3.63) is 18.5 Å². The topological polar surface area (TPSA) is 58.3 Å². The molecular weight excluding hydrogens is 188 g/mol. The Morgan fingerprint density at radius 2 is 2.38 bits per heavy atom. The number of aliphatic hydroxyl groups excluding tert-OH is 2. The minimum atomic E-state index is -0.595. The van der Waals surface area contributed by atoms with Crippen LogP contribution in [0.15, 0.2) is 18.5 Å². The van der Waals surface area contributed by atoms with Crippen LogP contribution in [0.3, 0.4) is 0 Å². The third-order valence-electron chi connectivity index (χ3n) is 1.54. The maximum atomic E-state index is 9.02. The Hall–Kier alpha value is -0.520. The van der Waals surface area contributed by atoms with Crippen molar-refractivity contribution in [2.24, 2.45) is 0 Å². The van der Waals surface area contributed by atoms with Crippen LogP contribution in [0.2, 0.25) is 0 Å². The second-order valence-corrected chi connectivity index (χ2v) is 3.83. The van der Waals surface area contributed by atoms with Crippen LogP contribution in [0, 0.1) is 0 Å². The molecular formula is C8H14N2O2S. The van der Waals surface area contributed by atoms with Crippen molar-refractivity contribution in [2.45, 2.75) is 12.6 Å². The smallest absolute Gasteiger partial charge is 0.0861 e. The number of aromatic nitrogens is 2. The quantitative estimate of drug-likeness (QED) is 0.636. The lowest BCUT2D eigenvalue weighted by Gasteiger charge is -2.06. The Labute approximate surface area is 81.6 Å². The van der Waals surface area contributed by atoms with Crippen molar-refractivity contribution < 1.29 is 10.2 Å². The summed E-state index contributed by atoms with van der Waals surface area (Å²) < 4.78 is 1.85. The largest absolute Gasteiger partial charge is 0.394 e. The van der Waals surface area contributed by atoms with E-state index in [0.29, 0.717) is 5.75 Å². The molecule has 0 saturated carbocycles. The van der Waals surface area contributed by atoms with E-state index in [2.05, 4.69) is 5.10 Å². The van der Waals surface area contributed by atoms with E-state index in [0.717, 1.165) is 12.3 Å². The Morgan fingerprint density at radius 3 is 3.00 bits per heavy atom. The van der Waals surface area contributed by atoms with Crippen LogP contribution in [-0.4, -0.2) is 44.2 Å². The molecule has 1 aromatic heterocycles. The third-order valence-corrected chi connectivity index (χ3v) is 2.64. The van der Waals surface area contributed by atoms with Gasteiger partial charge in [-0.25, -0.2) is 0 Å². The molecule has 0 aliphatic rings. The van der Waals surface area contributed by atoms with Crippen LogP contribution in [-0.2, 0) is 6.54 Å². The van der Waals surface area contributed by atoms with E-state index in [1.54, 1.807) is 18.0 Å². The zero-order chi connectivity index (χ0) is 9.52. The average molecular weight is 202 g/mol. The van der Waals surface area contributed by atoms with Crippen LogP contribution in [0.25, 0.3) is 0 Å². The fraction of sp³-hybridized carbons (Fsp3) is 0.625. The summed E-state index contributed by atoms with van der Waals surface area (Å²) in [7, 11) is 0. The Kier molecular flexibility index (Phi) is 4.88. The van der Waals surface area contributed by atoms with E-state index in [1.165, 1.54) is 0 Å². The molecule has 1 atom stereocenters. The summed E-state index contributed by atoms with van der Waals surface area (Å²) in [5.74, 6) is 1.48. The maximum absolute atomic E-state index is 9.02. The van der Waals surface area contributed by atoms with Gasteiger partial charge in [0.25, 0.3) is 0 Å². The number of rotatable bonds is 6. The summed E-state index contributed by atoms with van der Waals surface area (Å²) in [4.78, 5) is 0. The molecule has 0 fully saturated rings. The molecule has 1 aromatic rings. The third kappa shape index (κ3) is 4.31. The molecule has 0 aromatic carbocycles. The van der Waals surface area contributed by atoms with Gasteiger partial charge in [0.2, 0.25) is 0 Å². The zero-order valence-electron chi connectivity index (χ0n) is 7.33. The monoisotopic (exact) mass is 202 g/mol. The molecule has 74 valence electrons. The highest BCUT2D eigenvalue weighted by Gasteiger charge is 2.00. The van der Waals surface area contributed by atoms with Gasteiger partial charge in [0, 0.05) is 30.4 Å². The molecule has 1 rings (SSSR count). The van der Waals surface area contributed by atoms with Gasteiger partial charge in [-0.1, -0.05) is 0 Å². The fourth-order valence-electron chi connectivity index (χ4n) is 0.863. The summed E-state index contributed by atoms with van der Waals surface area (Å²) >= 11 is 1.61. The van der Waals surface area contributed by atoms with Gasteiger partial charge >= 0.3 is 0 Å². The maximum Gasteiger partial charge on any atom is 0.0861 e. The minimum absolute atomic E-state index is 0.158. The minimum Gasteiger partial charge on any atom is -0.394 e. The summed E-state index contributed by atoms with van der Waals surface area (Å²) in [6.45, 7) is 0.685. The van der Waals surface area contributed by atoms with Gasteiger partial charge in [0.15, 0.2) is 0 Å². The molecule has 0 spiro atoms. The van der Waals surface area contributed by atoms with Crippen LogP contribution in [0.5, 0.6) is 0 Å². The zero-order valence-corrected chi connectivity index (χ0v) is 8.15. The molecule has 0 saturated heterocycles. The average Bonchev–Trinajstić information content (AvgIpc) is 2.64. The van der Waals surface area contributed by atoms with E-state index in [9.17, 15) is 0 Å². The molecule has 4 nitrogen and oxygen atoms in total. The van der Waals surface area contributed by atoms with E-state index < -0.39 is 6.10 Å². The second-order valence-electron chi connectivity index (χ2n) is 2.68. The first-order valence-corrected chi connectivity index (χ1v) is 5.32. The molecule has 2 N–H and O–H groups in total. The van der Waals surface area contributed by atoms with E-state index in [-0.39, 0.29) is 6.61 Å². The first kappa shape index (κ1) is 10.6. The van der Waals surface area contributed by atoms with Crippen molar-refractivity contribution >= 4 is 11.8 Å². The van der Waals surface area contributed by atoms with Gasteiger partial charge in [0.1, 0.15) is 0 Å². The predicted molar refractivity (Wildman–Crippen MR) is 52.6 cm³/mol. The number of hydrogen-bond donors (Lipinski definition) is 2. The highest BCUT2D eigenvalue weighted by Crippen LogP contribution is 2.03. The van der Waals surface area contributed by atoms with Crippen molar-refractivity contribution in [3.63, 3.8) is 0 Å². The van der Waals surface area contributed by atoms with Crippen LogP contribution in [0.1, 0.15) is 0 Å². The Bertz CT molecular complexity index is 216. The fourth-order valence-corrected chi connectivity index (χ4v) is 1.72. The molecule has 0 radical (unpaired) electrons. The Balaban J connectivity index is 2.02. The van der Waals surface area contributed by atoms with E-state index >= 15 is 0 Å². The van der Waals surface area contributed by atoms with Crippen LogP contribution >= 0.6 is 11.8 Å². The van der Waals surface area contributed by atoms with E-state index in [1.807, 2.05) is 16.9 Å². The lowest BCUT2D eigenvalue weighted by Crippen LogP contribution is -2.15. The molecule has 1 unspecified atom stereocenters. The highest BCUT2D eigenvalue weighted by molar-refractivity contribution is 7.99. The second kappa shape index (κ2) is 6.01. The first-order valence-electron chi connectivity index (χ1n) is 4.17. The van der Waals surface area contributed by atoms with Gasteiger partial charge in [-0.15, -0.1) is 0 Å². The molecule has 1 heterocycles. The number of aryl methyl sites for hydroxylation is 1. The number of thioether (sulfide) groups is 1. The van der Waals surface area contributed by atoms with E-state index in [4.69, 9.17) is 10.2 Å². The van der Waals surface area contributed by atoms with Crippen molar-refractivity contribution in [2.75, 3.05) is 18.1 Å². The number of aliphatic hydroxyl groups is 2. The molecule has 13 heavy (non-hydrogen) atoms. The van der Waals surface area contributed by atoms with Crippen molar-refractivity contribution in [1.82, 2.24) is 9.78 Å².